The van der Waals surface area contributed by atoms with Crippen LogP contribution in [0.5, 0.6) is 5.75 Å². The monoisotopic (exact) mass is 308 g/mol. The van der Waals surface area contributed by atoms with Gasteiger partial charge in [0.05, 0.1) is 12.0 Å². The number of halogens is 1. The summed E-state index contributed by atoms with van der Waals surface area (Å²) in [6, 6.07) is 12.0. The number of nitrogens with zero attached hydrogens (tertiary/aromatic N) is 3. The van der Waals surface area contributed by atoms with Crippen LogP contribution >= 0.6 is 0 Å². The van der Waals surface area contributed by atoms with Crippen LogP contribution in [0.1, 0.15) is 5.76 Å². The van der Waals surface area contributed by atoms with E-state index in [0.717, 1.165) is 6.07 Å². The largest absolute Gasteiger partial charge is 0.483 e. The Morgan fingerprint density at radius 2 is 1.96 bits per heavy atom. The summed E-state index contributed by atoms with van der Waals surface area (Å²) in [7, 11) is 0. The highest BCUT2D eigenvalue weighted by Crippen LogP contribution is 2.28. The molecule has 0 unspecified atom stereocenters. The Kier molecular flexibility index (Phi) is 4.96. The third kappa shape index (κ3) is 3.87. The number of nitrogens with one attached hydrogen (secondary N) is 1. The van der Waals surface area contributed by atoms with E-state index in [0.29, 0.717) is 5.76 Å². The van der Waals surface area contributed by atoms with Crippen molar-refractivity contribution in [3.05, 3.63) is 59.4 Å². The van der Waals surface area contributed by atoms with E-state index in [1.54, 1.807) is 30.3 Å². The lowest BCUT2D eigenvalue weighted by molar-refractivity contribution is 0.271. The lowest BCUT2D eigenvalue weighted by Crippen LogP contribution is -2.04. The third-order valence-corrected chi connectivity index (χ3v) is 2.74. The van der Waals surface area contributed by atoms with E-state index in [9.17, 15) is 4.39 Å². The molecule has 7 heteroatoms. The second-order valence-corrected chi connectivity index (χ2v) is 4.22. The van der Waals surface area contributed by atoms with Crippen LogP contribution in [0.4, 0.5) is 10.1 Å². The minimum atomic E-state index is -0.564. The van der Waals surface area contributed by atoms with E-state index >= 15 is 0 Å². The molecule has 6 nitrogen and oxygen atoms in total. The first-order chi connectivity index (χ1) is 11.2. The van der Waals surface area contributed by atoms with Crippen molar-refractivity contribution in [2.45, 2.75) is 6.61 Å². The Balaban J connectivity index is 2.29. The van der Waals surface area contributed by atoms with Gasteiger partial charge in [0, 0.05) is 6.07 Å². The number of allylic oxidation sites excluding steroid dienone is 2. The van der Waals surface area contributed by atoms with Gasteiger partial charge in [-0.1, -0.05) is 0 Å². The van der Waals surface area contributed by atoms with Crippen molar-refractivity contribution in [1.29, 1.82) is 15.8 Å². The molecular formula is C16H9FN4O2. The van der Waals surface area contributed by atoms with Crippen LogP contribution in [0.25, 0.3) is 0 Å². The van der Waals surface area contributed by atoms with Gasteiger partial charge in [-0.15, -0.1) is 0 Å². The SMILES string of the molecule is N#CC(C#N)=C(C#N)Nc1cc(F)ccc1OCc1ccco1. The zero-order valence-electron chi connectivity index (χ0n) is 11.7. The van der Waals surface area contributed by atoms with E-state index < -0.39 is 11.4 Å². The van der Waals surface area contributed by atoms with Gasteiger partial charge < -0.3 is 14.5 Å². The zero-order valence-corrected chi connectivity index (χ0v) is 11.7. The highest BCUT2D eigenvalue weighted by Gasteiger charge is 2.12. The maximum Gasteiger partial charge on any atom is 0.163 e. The normalized spacial score (nSPS) is 9.13. The van der Waals surface area contributed by atoms with Gasteiger partial charge in [0.15, 0.2) is 5.57 Å². The number of nitriles is 3. The summed E-state index contributed by atoms with van der Waals surface area (Å²) < 4.78 is 24.1. The van der Waals surface area contributed by atoms with Gasteiger partial charge in [-0.3, -0.25) is 0 Å². The fraction of sp³-hybridized carbons (Fsp3) is 0.0625. The number of hydrogen-bond donors (Lipinski definition) is 1. The van der Waals surface area contributed by atoms with Crippen molar-refractivity contribution in [2.75, 3.05) is 5.32 Å². The molecule has 0 saturated carbocycles. The van der Waals surface area contributed by atoms with Crippen LogP contribution in [0.3, 0.4) is 0 Å². The molecule has 1 aromatic heterocycles. The molecule has 23 heavy (non-hydrogen) atoms. The number of furan rings is 1. The van der Waals surface area contributed by atoms with Crippen LogP contribution in [0, 0.1) is 39.8 Å². The highest BCUT2D eigenvalue weighted by atomic mass is 19.1. The summed E-state index contributed by atoms with van der Waals surface area (Å²) in [4.78, 5) is 0. The molecule has 1 heterocycles. The smallest absolute Gasteiger partial charge is 0.163 e. The third-order valence-electron chi connectivity index (χ3n) is 2.74. The van der Waals surface area contributed by atoms with Gasteiger partial charge in [-0.05, 0) is 24.3 Å². The Morgan fingerprint density at radius 1 is 1.17 bits per heavy atom. The molecule has 0 amide bonds. The predicted molar refractivity (Wildman–Crippen MR) is 76.9 cm³/mol. The Morgan fingerprint density at radius 3 is 2.57 bits per heavy atom. The molecule has 0 saturated heterocycles. The molecule has 0 radical (unpaired) electrons. The summed E-state index contributed by atoms with van der Waals surface area (Å²) in [5.74, 6) is 0.238. The van der Waals surface area contributed by atoms with Crippen molar-refractivity contribution in [3.8, 4) is 24.0 Å². The first-order valence-corrected chi connectivity index (χ1v) is 6.34. The standard InChI is InChI=1S/C16H9FN4O2/c17-12-3-4-16(23-10-13-2-1-5-22-13)14(6-12)21-15(9-20)11(7-18)8-19/h1-6,21H,10H2. The van der Waals surface area contributed by atoms with Gasteiger partial charge in [0.25, 0.3) is 0 Å². The molecule has 0 aliphatic carbocycles. The molecule has 1 N–H and O–H groups in total. The molecule has 0 aliphatic rings. The average molecular weight is 308 g/mol. The molecule has 0 bridgehead atoms. The molecule has 0 spiro atoms. The van der Waals surface area contributed by atoms with Gasteiger partial charge in [-0.25, -0.2) is 4.39 Å². The topological polar surface area (TPSA) is 106 Å². The number of benzene rings is 1. The van der Waals surface area contributed by atoms with Crippen LogP contribution in [0.2, 0.25) is 0 Å². The van der Waals surface area contributed by atoms with Crippen molar-refractivity contribution in [2.24, 2.45) is 0 Å². The first-order valence-electron chi connectivity index (χ1n) is 6.34. The summed E-state index contributed by atoms with van der Waals surface area (Å²) in [6.07, 6.45) is 1.49. The van der Waals surface area contributed by atoms with E-state index in [4.69, 9.17) is 24.9 Å². The molecule has 1 aromatic carbocycles. The molecule has 0 aliphatic heterocycles. The second kappa shape index (κ2) is 7.31. The average Bonchev–Trinajstić information content (AvgIpc) is 3.07. The van der Waals surface area contributed by atoms with Crippen LogP contribution < -0.4 is 10.1 Å². The Hall–Kier alpha value is -3.76. The summed E-state index contributed by atoms with van der Waals surface area (Å²) in [6.45, 7) is 0.0995. The molecule has 2 aromatic rings. The summed E-state index contributed by atoms with van der Waals surface area (Å²) in [5.41, 5.74) is -0.576. The quantitative estimate of drug-likeness (QED) is 0.850. The molecule has 2 rings (SSSR count). The highest BCUT2D eigenvalue weighted by molar-refractivity contribution is 5.64. The lowest BCUT2D eigenvalue weighted by atomic mass is 10.2. The van der Waals surface area contributed by atoms with E-state index in [1.165, 1.54) is 18.4 Å². The summed E-state index contributed by atoms with van der Waals surface area (Å²) >= 11 is 0. The summed E-state index contributed by atoms with van der Waals surface area (Å²) in [5, 5.41) is 29.2. The maximum absolute atomic E-state index is 13.4. The van der Waals surface area contributed by atoms with Gasteiger partial charge in [0.1, 0.15) is 47.8 Å². The zero-order chi connectivity index (χ0) is 16.7. The van der Waals surface area contributed by atoms with E-state index in [-0.39, 0.29) is 23.7 Å². The van der Waals surface area contributed by atoms with E-state index in [2.05, 4.69) is 5.32 Å². The Bertz CT molecular complexity index is 836. The second-order valence-electron chi connectivity index (χ2n) is 4.22. The van der Waals surface area contributed by atoms with Gasteiger partial charge >= 0.3 is 0 Å². The number of ether oxygens (including phenoxy) is 1. The van der Waals surface area contributed by atoms with Crippen molar-refractivity contribution >= 4 is 5.69 Å². The maximum atomic E-state index is 13.4. The van der Waals surface area contributed by atoms with Crippen LogP contribution in [-0.4, -0.2) is 0 Å². The molecule has 0 fully saturated rings. The molecule has 112 valence electrons. The fourth-order valence-electron chi connectivity index (χ4n) is 1.69. The van der Waals surface area contributed by atoms with E-state index in [1.807, 2.05) is 0 Å². The number of hydrogen-bond acceptors (Lipinski definition) is 6. The van der Waals surface area contributed by atoms with Gasteiger partial charge in [0.2, 0.25) is 0 Å². The van der Waals surface area contributed by atoms with Gasteiger partial charge in [-0.2, -0.15) is 15.8 Å². The number of anilines is 1. The minimum absolute atomic E-state index is 0.0995. The Labute approximate surface area is 131 Å². The molecular weight excluding hydrogens is 299 g/mol. The lowest BCUT2D eigenvalue weighted by Gasteiger charge is -2.12. The van der Waals surface area contributed by atoms with Crippen molar-refractivity contribution in [1.82, 2.24) is 0 Å². The predicted octanol–water partition coefficient (Wildman–Crippen LogP) is 3.23. The minimum Gasteiger partial charge on any atom is -0.483 e. The van der Waals surface area contributed by atoms with Crippen molar-refractivity contribution < 1.29 is 13.5 Å². The van der Waals surface area contributed by atoms with Crippen molar-refractivity contribution in [3.63, 3.8) is 0 Å². The van der Waals surface area contributed by atoms with Crippen LogP contribution in [-0.2, 0) is 6.61 Å². The molecule has 0 atom stereocenters. The number of rotatable bonds is 5. The van der Waals surface area contributed by atoms with Crippen LogP contribution in [0.15, 0.2) is 52.3 Å². The fourth-order valence-corrected chi connectivity index (χ4v) is 1.69. The first kappa shape index (κ1) is 15.6.